The van der Waals surface area contributed by atoms with E-state index in [0.717, 1.165) is 0 Å². The molecule has 1 heterocycles. The van der Waals surface area contributed by atoms with Crippen molar-refractivity contribution < 1.29 is 4.39 Å². The Morgan fingerprint density at radius 2 is 1.56 bits per heavy atom. The molecule has 0 fully saturated rings. The highest BCUT2D eigenvalue weighted by molar-refractivity contribution is 6.33. The van der Waals surface area contributed by atoms with Gasteiger partial charge in [0.15, 0.2) is 5.82 Å². The average Bonchev–Trinajstić information content (AvgIpc) is 2.20. The summed E-state index contributed by atoms with van der Waals surface area (Å²) in [5.74, 6) is -0.285. The van der Waals surface area contributed by atoms with Crippen LogP contribution in [0.5, 0.6) is 0 Å². The highest BCUT2D eigenvalue weighted by Gasteiger charge is 2.07. The van der Waals surface area contributed by atoms with Crippen molar-refractivity contribution in [3.63, 3.8) is 0 Å². The Bertz CT molecular complexity index is 525. The highest BCUT2D eigenvalue weighted by atomic mass is 35.5. The molecular formula is C10H4Cl3FN2. The van der Waals surface area contributed by atoms with Gasteiger partial charge in [0, 0.05) is 11.6 Å². The zero-order valence-electron chi connectivity index (χ0n) is 7.72. The molecule has 1 aromatic carbocycles. The van der Waals surface area contributed by atoms with Crippen LogP contribution >= 0.6 is 34.8 Å². The summed E-state index contributed by atoms with van der Waals surface area (Å²) in [6.07, 6.45) is 0. The summed E-state index contributed by atoms with van der Waals surface area (Å²) in [5.41, 5.74) is 0.464. The van der Waals surface area contributed by atoms with E-state index in [1.165, 1.54) is 18.2 Å². The molecule has 2 aromatic rings. The van der Waals surface area contributed by atoms with Crippen LogP contribution in [-0.4, -0.2) is 9.97 Å². The molecule has 82 valence electrons. The van der Waals surface area contributed by atoms with Gasteiger partial charge in [-0.15, -0.1) is 0 Å². The zero-order valence-corrected chi connectivity index (χ0v) is 9.98. The number of hydrogen-bond donors (Lipinski definition) is 0. The summed E-state index contributed by atoms with van der Waals surface area (Å²) in [6.45, 7) is 0. The Hall–Kier alpha value is -0.900. The first kappa shape index (κ1) is 11.6. The molecule has 0 bridgehead atoms. The molecule has 6 heteroatoms. The molecule has 0 atom stereocenters. The Labute approximate surface area is 106 Å². The Morgan fingerprint density at radius 3 is 2.12 bits per heavy atom. The van der Waals surface area contributed by atoms with E-state index in [1.807, 2.05) is 0 Å². The molecule has 0 spiro atoms. The van der Waals surface area contributed by atoms with Crippen molar-refractivity contribution in [2.45, 2.75) is 0 Å². The van der Waals surface area contributed by atoms with Crippen LogP contribution in [0.25, 0.3) is 11.4 Å². The molecule has 2 rings (SSSR count). The maximum absolute atomic E-state index is 13.2. The van der Waals surface area contributed by atoms with Crippen LogP contribution < -0.4 is 0 Å². The monoisotopic (exact) mass is 276 g/mol. The minimum Gasteiger partial charge on any atom is -0.216 e. The van der Waals surface area contributed by atoms with E-state index < -0.39 is 5.82 Å². The van der Waals surface area contributed by atoms with Crippen molar-refractivity contribution >= 4 is 34.8 Å². The molecule has 16 heavy (non-hydrogen) atoms. The number of halogens is 4. The largest absolute Gasteiger partial charge is 0.216 e. The van der Waals surface area contributed by atoms with Crippen molar-refractivity contribution in [3.05, 3.63) is 45.4 Å². The number of benzene rings is 1. The van der Waals surface area contributed by atoms with E-state index >= 15 is 0 Å². The summed E-state index contributed by atoms with van der Waals surface area (Å²) in [6, 6.07) is 5.64. The fraction of sp³-hybridized carbons (Fsp3) is 0. The third kappa shape index (κ3) is 2.43. The van der Waals surface area contributed by atoms with Gasteiger partial charge in [-0.3, -0.25) is 0 Å². The predicted octanol–water partition coefficient (Wildman–Crippen LogP) is 4.24. The molecule has 0 saturated heterocycles. The van der Waals surface area contributed by atoms with Crippen LogP contribution in [0.2, 0.25) is 15.3 Å². The molecule has 0 aliphatic rings. The second kappa shape index (κ2) is 4.53. The SMILES string of the molecule is Fc1cc(-c2nc(Cl)cc(Cl)n2)ccc1Cl. The van der Waals surface area contributed by atoms with E-state index in [0.29, 0.717) is 5.56 Å². The lowest BCUT2D eigenvalue weighted by Gasteiger charge is -2.02. The van der Waals surface area contributed by atoms with Crippen molar-refractivity contribution in [2.75, 3.05) is 0 Å². The number of hydrogen-bond acceptors (Lipinski definition) is 2. The van der Waals surface area contributed by atoms with Crippen LogP contribution in [0.4, 0.5) is 4.39 Å². The molecule has 0 unspecified atom stereocenters. The molecule has 0 amide bonds. The van der Waals surface area contributed by atoms with E-state index in [1.54, 1.807) is 6.07 Å². The van der Waals surface area contributed by atoms with E-state index in [-0.39, 0.29) is 21.2 Å². The summed E-state index contributed by atoms with van der Waals surface area (Å²) in [7, 11) is 0. The van der Waals surface area contributed by atoms with Gasteiger partial charge in [0.1, 0.15) is 16.1 Å². The molecule has 1 aromatic heterocycles. The smallest absolute Gasteiger partial charge is 0.162 e. The topological polar surface area (TPSA) is 25.8 Å². The van der Waals surface area contributed by atoms with E-state index in [2.05, 4.69) is 9.97 Å². The number of nitrogens with zero attached hydrogens (tertiary/aromatic N) is 2. The second-order valence-corrected chi connectivity index (χ2v) is 4.15. The molecule has 2 nitrogen and oxygen atoms in total. The van der Waals surface area contributed by atoms with Crippen molar-refractivity contribution in [3.8, 4) is 11.4 Å². The lowest BCUT2D eigenvalue weighted by molar-refractivity contribution is 0.628. The normalized spacial score (nSPS) is 10.5. The molecule has 0 aliphatic heterocycles. The van der Waals surface area contributed by atoms with Gasteiger partial charge in [-0.2, -0.15) is 0 Å². The van der Waals surface area contributed by atoms with Gasteiger partial charge in [-0.1, -0.05) is 34.8 Å². The Balaban J connectivity index is 2.54. The number of rotatable bonds is 1. The first-order valence-electron chi connectivity index (χ1n) is 4.22. The van der Waals surface area contributed by atoms with Crippen molar-refractivity contribution in [2.24, 2.45) is 0 Å². The molecular weight excluding hydrogens is 273 g/mol. The minimum absolute atomic E-state index is 0.0388. The third-order valence-corrected chi connectivity index (χ3v) is 2.54. The van der Waals surface area contributed by atoms with Crippen LogP contribution in [0.1, 0.15) is 0 Å². The lowest BCUT2D eigenvalue weighted by Crippen LogP contribution is -1.91. The Morgan fingerprint density at radius 1 is 0.938 bits per heavy atom. The van der Waals surface area contributed by atoms with Crippen LogP contribution in [0, 0.1) is 5.82 Å². The summed E-state index contributed by atoms with van der Waals surface area (Å²) in [5, 5.41) is 0.438. The van der Waals surface area contributed by atoms with Gasteiger partial charge in [-0.25, -0.2) is 14.4 Å². The fourth-order valence-corrected chi connectivity index (χ4v) is 1.69. The van der Waals surface area contributed by atoms with Gasteiger partial charge in [0.25, 0.3) is 0 Å². The minimum atomic E-state index is -0.543. The van der Waals surface area contributed by atoms with Crippen molar-refractivity contribution in [1.82, 2.24) is 9.97 Å². The van der Waals surface area contributed by atoms with Gasteiger partial charge < -0.3 is 0 Å². The molecule has 0 aliphatic carbocycles. The van der Waals surface area contributed by atoms with Gasteiger partial charge in [0.05, 0.1) is 5.02 Å². The fourth-order valence-electron chi connectivity index (χ4n) is 1.15. The van der Waals surface area contributed by atoms with Crippen LogP contribution in [0.15, 0.2) is 24.3 Å². The van der Waals surface area contributed by atoms with Gasteiger partial charge >= 0.3 is 0 Å². The van der Waals surface area contributed by atoms with Gasteiger partial charge in [0.2, 0.25) is 0 Å². The first-order chi connectivity index (χ1) is 7.56. The maximum Gasteiger partial charge on any atom is 0.162 e. The van der Waals surface area contributed by atoms with E-state index in [4.69, 9.17) is 34.8 Å². The lowest BCUT2D eigenvalue weighted by atomic mass is 10.2. The van der Waals surface area contributed by atoms with Crippen molar-refractivity contribution in [1.29, 1.82) is 0 Å². The van der Waals surface area contributed by atoms with E-state index in [9.17, 15) is 4.39 Å². The first-order valence-corrected chi connectivity index (χ1v) is 5.35. The predicted molar refractivity (Wildman–Crippen MR) is 62.5 cm³/mol. The molecule has 0 N–H and O–H groups in total. The third-order valence-electron chi connectivity index (χ3n) is 1.84. The summed E-state index contributed by atoms with van der Waals surface area (Å²) in [4.78, 5) is 7.87. The summed E-state index contributed by atoms with van der Waals surface area (Å²) >= 11 is 17.0. The standard InChI is InChI=1S/C10H4Cl3FN2/c11-6-2-1-5(3-7(6)14)10-15-8(12)4-9(13)16-10/h1-4H. The zero-order chi connectivity index (χ0) is 11.7. The van der Waals surface area contributed by atoms with Crippen LogP contribution in [0.3, 0.4) is 0 Å². The maximum atomic E-state index is 13.2. The quantitative estimate of drug-likeness (QED) is 0.729. The second-order valence-electron chi connectivity index (χ2n) is 2.97. The number of aromatic nitrogens is 2. The van der Waals surface area contributed by atoms with Gasteiger partial charge in [-0.05, 0) is 18.2 Å². The molecule has 0 radical (unpaired) electrons. The highest BCUT2D eigenvalue weighted by Crippen LogP contribution is 2.24. The van der Waals surface area contributed by atoms with Crippen LogP contribution in [-0.2, 0) is 0 Å². The Kier molecular flexibility index (Phi) is 3.28. The summed E-state index contributed by atoms with van der Waals surface area (Å²) < 4.78 is 13.2. The average molecular weight is 278 g/mol. The molecule has 0 saturated carbocycles.